The Hall–Kier alpha value is -3.78. The fourth-order valence-corrected chi connectivity index (χ4v) is 4.16. The minimum absolute atomic E-state index is 0.0940. The maximum Gasteiger partial charge on any atom is 0.269 e. The number of quaternary nitrogens is 1. The molecule has 0 unspecified atom stereocenters. The first-order valence-electron chi connectivity index (χ1n) is 10.6. The zero-order chi connectivity index (χ0) is 22.5. The molecule has 0 aliphatic carbocycles. The number of nitrogens with zero attached hydrogens (tertiary/aromatic N) is 2. The van der Waals surface area contributed by atoms with Crippen LogP contribution in [0.2, 0.25) is 0 Å². The first-order chi connectivity index (χ1) is 15.5. The highest BCUT2D eigenvalue weighted by Crippen LogP contribution is 2.25. The molecule has 1 amide bonds. The summed E-state index contributed by atoms with van der Waals surface area (Å²) in [5, 5.41) is 26.9. The number of amides is 1. The van der Waals surface area contributed by atoms with Crippen LogP contribution in [0.4, 0.5) is 5.69 Å². The largest absolute Gasteiger partial charge is 0.507 e. The third-order valence-electron chi connectivity index (χ3n) is 5.98. The number of nitro benzene ring substituents is 1. The molecule has 8 nitrogen and oxygen atoms in total. The van der Waals surface area contributed by atoms with E-state index in [1.165, 1.54) is 23.2 Å². The lowest BCUT2D eigenvalue weighted by Crippen LogP contribution is -3.11. The smallest absolute Gasteiger partial charge is 0.269 e. The summed E-state index contributed by atoms with van der Waals surface area (Å²) < 4.78 is 0. The van der Waals surface area contributed by atoms with E-state index in [0.29, 0.717) is 5.56 Å². The second-order valence-electron chi connectivity index (χ2n) is 8.08. The highest BCUT2D eigenvalue weighted by molar-refractivity contribution is 6.02. The van der Waals surface area contributed by atoms with Crippen LogP contribution >= 0.6 is 0 Å². The zero-order valence-electron chi connectivity index (χ0n) is 17.5. The molecule has 1 fully saturated rings. The molecule has 164 valence electrons. The van der Waals surface area contributed by atoms with Crippen molar-refractivity contribution in [3.8, 4) is 5.75 Å². The van der Waals surface area contributed by atoms with Gasteiger partial charge in [0.25, 0.3) is 5.69 Å². The number of nitrogens with one attached hydrogen (secondary N) is 2. The van der Waals surface area contributed by atoms with Crippen molar-refractivity contribution in [3.63, 3.8) is 0 Å². The molecule has 0 bridgehead atoms. The number of rotatable bonds is 6. The Bertz CT molecular complexity index is 1150. The Balaban J connectivity index is 1.30. The third kappa shape index (κ3) is 4.92. The van der Waals surface area contributed by atoms with Crippen LogP contribution in [-0.2, 0) is 11.3 Å². The minimum atomic E-state index is -0.398. The average Bonchev–Trinajstić information content (AvgIpc) is 2.81. The average molecular weight is 433 g/mol. The van der Waals surface area contributed by atoms with Crippen LogP contribution in [0.25, 0.3) is 10.8 Å². The summed E-state index contributed by atoms with van der Waals surface area (Å²) in [6, 6.07) is 17.8. The summed E-state index contributed by atoms with van der Waals surface area (Å²) in [6.07, 6.45) is 3.00. The molecule has 0 atom stereocenters. The number of non-ortho nitro benzene ring substituents is 1. The minimum Gasteiger partial charge on any atom is -0.507 e. The lowest BCUT2D eigenvalue weighted by atomic mass is 9.96. The summed E-state index contributed by atoms with van der Waals surface area (Å²) in [6.45, 7) is 2.48. The molecule has 1 heterocycles. The topological polar surface area (TPSA) is 109 Å². The van der Waals surface area contributed by atoms with Gasteiger partial charge < -0.3 is 10.0 Å². The molecule has 3 aromatic rings. The van der Waals surface area contributed by atoms with Crippen molar-refractivity contribution in [1.82, 2.24) is 5.43 Å². The van der Waals surface area contributed by atoms with Crippen molar-refractivity contribution in [2.45, 2.75) is 19.4 Å². The molecule has 8 heteroatoms. The van der Waals surface area contributed by atoms with Crippen LogP contribution < -0.4 is 10.3 Å². The molecule has 0 radical (unpaired) electrons. The molecular weight excluding hydrogens is 408 g/mol. The highest BCUT2D eigenvalue weighted by Gasteiger charge is 2.27. The summed E-state index contributed by atoms with van der Waals surface area (Å²) in [5.74, 6) is -0.103. The maximum absolute atomic E-state index is 12.5. The van der Waals surface area contributed by atoms with E-state index in [4.69, 9.17) is 0 Å². The fourth-order valence-electron chi connectivity index (χ4n) is 4.16. The number of hydrogen-bond donors (Lipinski definition) is 3. The Morgan fingerprint density at radius 2 is 1.84 bits per heavy atom. The van der Waals surface area contributed by atoms with E-state index in [1.54, 1.807) is 18.2 Å². The molecular formula is C24H25N4O4+. The monoisotopic (exact) mass is 433 g/mol. The van der Waals surface area contributed by atoms with Crippen molar-refractivity contribution in [2.75, 3.05) is 13.1 Å². The van der Waals surface area contributed by atoms with Gasteiger partial charge in [-0.05, 0) is 29.0 Å². The van der Waals surface area contributed by atoms with Gasteiger partial charge in [0.1, 0.15) is 12.3 Å². The Kier molecular flexibility index (Phi) is 6.42. The molecule has 4 rings (SSSR count). The molecule has 1 saturated heterocycles. The number of benzene rings is 3. The van der Waals surface area contributed by atoms with Gasteiger partial charge in [-0.3, -0.25) is 14.9 Å². The van der Waals surface area contributed by atoms with Gasteiger partial charge in [0.05, 0.1) is 30.1 Å². The molecule has 0 saturated carbocycles. The van der Waals surface area contributed by atoms with Crippen molar-refractivity contribution in [2.24, 2.45) is 11.0 Å². The number of phenolic OH excluding ortho intramolecular Hbond substituents is 1. The number of likely N-dealkylation sites (tertiary alicyclic amines) is 1. The van der Waals surface area contributed by atoms with Crippen molar-refractivity contribution >= 4 is 28.6 Å². The Morgan fingerprint density at radius 1 is 1.12 bits per heavy atom. The highest BCUT2D eigenvalue weighted by atomic mass is 16.6. The van der Waals surface area contributed by atoms with Crippen LogP contribution in [0.15, 0.2) is 65.8 Å². The molecule has 3 N–H and O–H groups in total. The lowest BCUT2D eigenvalue weighted by molar-refractivity contribution is -0.919. The first kappa shape index (κ1) is 21.5. The summed E-state index contributed by atoms with van der Waals surface area (Å²) in [5.41, 5.74) is 4.34. The van der Waals surface area contributed by atoms with Gasteiger partial charge in [-0.25, -0.2) is 5.43 Å². The normalized spacial score (nSPS) is 18.6. The van der Waals surface area contributed by atoms with E-state index in [9.17, 15) is 20.0 Å². The van der Waals surface area contributed by atoms with Crippen molar-refractivity contribution in [3.05, 3.63) is 81.9 Å². The van der Waals surface area contributed by atoms with E-state index >= 15 is 0 Å². The van der Waals surface area contributed by atoms with Gasteiger partial charge in [0.15, 0.2) is 0 Å². The summed E-state index contributed by atoms with van der Waals surface area (Å²) >= 11 is 0. The molecule has 1 aliphatic rings. The third-order valence-corrected chi connectivity index (χ3v) is 5.98. The van der Waals surface area contributed by atoms with Crippen LogP contribution in [0.5, 0.6) is 5.75 Å². The van der Waals surface area contributed by atoms with Gasteiger partial charge in [-0.15, -0.1) is 0 Å². The molecule has 32 heavy (non-hydrogen) atoms. The number of piperidine rings is 1. The van der Waals surface area contributed by atoms with Crippen LogP contribution in [0.1, 0.15) is 24.0 Å². The van der Waals surface area contributed by atoms with E-state index < -0.39 is 4.92 Å². The predicted octanol–water partition coefficient (Wildman–Crippen LogP) is 2.40. The Labute approximate surface area is 185 Å². The van der Waals surface area contributed by atoms with Gasteiger partial charge >= 0.3 is 0 Å². The number of aromatic hydroxyl groups is 1. The number of carbonyl (C=O) groups is 1. The van der Waals surface area contributed by atoms with E-state index in [-0.39, 0.29) is 23.3 Å². The standard InChI is InChI=1S/C24H24N4O4/c29-23-10-7-18-3-1-2-4-21(18)22(23)15-25-26-24(30)19-11-13-27(14-12-19)16-17-5-8-20(9-6-17)28(31)32/h1-10,15,19,29H,11-14,16H2,(H,26,30)/p+1/b25-15+. The molecule has 0 aromatic heterocycles. The number of carbonyl (C=O) groups excluding carboxylic acids is 1. The van der Waals surface area contributed by atoms with Gasteiger partial charge in [-0.1, -0.05) is 30.3 Å². The second-order valence-corrected chi connectivity index (χ2v) is 8.08. The van der Waals surface area contributed by atoms with Crippen LogP contribution in [0, 0.1) is 16.0 Å². The van der Waals surface area contributed by atoms with Gasteiger partial charge in [-0.2, -0.15) is 5.10 Å². The first-order valence-corrected chi connectivity index (χ1v) is 10.6. The van der Waals surface area contributed by atoms with Crippen molar-refractivity contribution in [1.29, 1.82) is 0 Å². The summed E-state index contributed by atoms with van der Waals surface area (Å²) in [7, 11) is 0. The number of phenols is 1. The second kappa shape index (κ2) is 9.57. The van der Waals surface area contributed by atoms with E-state index in [2.05, 4.69) is 10.5 Å². The van der Waals surface area contributed by atoms with E-state index in [1.807, 2.05) is 30.3 Å². The number of hydrogen-bond acceptors (Lipinski definition) is 5. The summed E-state index contributed by atoms with van der Waals surface area (Å²) in [4.78, 5) is 24.3. The quantitative estimate of drug-likeness (QED) is 0.315. The number of fused-ring (bicyclic) bond motifs is 1. The lowest BCUT2D eigenvalue weighted by Gasteiger charge is -2.28. The maximum atomic E-state index is 12.5. The molecule has 1 aliphatic heterocycles. The zero-order valence-corrected chi connectivity index (χ0v) is 17.5. The Morgan fingerprint density at radius 3 is 2.56 bits per heavy atom. The SMILES string of the molecule is O=C(N/N=C/c1c(O)ccc2ccccc12)C1CC[NH+](Cc2ccc([N+](=O)[O-])cc2)CC1. The van der Waals surface area contributed by atoms with Gasteiger partial charge in [0.2, 0.25) is 5.91 Å². The van der Waals surface area contributed by atoms with Crippen molar-refractivity contribution < 1.29 is 19.7 Å². The molecule has 0 spiro atoms. The fraction of sp³-hybridized carbons (Fsp3) is 0.250. The number of hydrazone groups is 1. The molecule has 3 aromatic carbocycles. The van der Waals surface area contributed by atoms with E-state index in [0.717, 1.165) is 48.8 Å². The predicted molar refractivity (Wildman–Crippen MR) is 122 cm³/mol. The number of nitro groups is 1. The van der Waals surface area contributed by atoms with Crippen LogP contribution in [-0.4, -0.2) is 35.2 Å². The van der Waals surface area contributed by atoms with Gasteiger partial charge in [0, 0.05) is 36.1 Å². The van der Waals surface area contributed by atoms with Crippen LogP contribution in [0.3, 0.4) is 0 Å².